The summed E-state index contributed by atoms with van der Waals surface area (Å²) in [6, 6.07) is 21.7. The highest BCUT2D eigenvalue weighted by Crippen LogP contribution is 2.55. The maximum absolute atomic E-state index is 13.5. The zero-order chi connectivity index (χ0) is 17.6. The third-order valence-corrected chi connectivity index (χ3v) is 6.82. The fraction of sp³-hybridized carbons (Fsp3) is 0.435. The molecule has 3 saturated heterocycles. The summed E-state index contributed by atoms with van der Waals surface area (Å²) in [5, 5.41) is 0. The second-order valence-corrected chi connectivity index (χ2v) is 8.07. The molecular weight excluding hydrogens is 320 g/mol. The van der Waals surface area contributed by atoms with E-state index in [0.29, 0.717) is 17.9 Å². The Balaban J connectivity index is 1.36. The van der Waals surface area contributed by atoms with Crippen molar-refractivity contribution in [3.05, 3.63) is 71.8 Å². The summed E-state index contributed by atoms with van der Waals surface area (Å²) < 4.78 is 0. The SMILES string of the molecule is O=C1N(CCc2ccccc2)C[C@@H]2C[C@@H](c3ccccc3)N3CCC[C@@]123. The molecule has 3 fully saturated rings. The van der Waals surface area contributed by atoms with Crippen molar-refractivity contribution in [1.82, 2.24) is 9.80 Å². The Morgan fingerprint density at radius 3 is 2.50 bits per heavy atom. The van der Waals surface area contributed by atoms with Gasteiger partial charge in [-0.1, -0.05) is 60.7 Å². The fourth-order valence-electron chi connectivity index (χ4n) is 5.67. The molecule has 0 radical (unpaired) electrons. The van der Waals surface area contributed by atoms with Gasteiger partial charge in [0.1, 0.15) is 5.54 Å². The standard InChI is InChI=1S/C23H26N2O/c26-22-23-13-7-14-25(23)21(19-10-5-2-6-11-19)16-20(23)17-24(22)15-12-18-8-3-1-4-9-18/h1-6,8-11,20-21H,7,12-17H2/t20-,21-,23-/m0/s1. The summed E-state index contributed by atoms with van der Waals surface area (Å²) in [7, 11) is 0. The van der Waals surface area contributed by atoms with Crippen LogP contribution in [0.4, 0.5) is 0 Å². The van der Waals surface area contributed by atoms with Crippen LogP contribution in [0.2, 0.25) is 0 Å². The highest BCUT2D eigenvalue weighted by atomic mass is 16.2. The van der Waals surface area contributed by atoms with Gasteiger partial charge in [0.15, 0.2) is 0 Å². The Morgan fingerprint density at radius 1 is 1.00 bits per heavy atom. The van der Waals surface area contributed by atoms with Gasteiger partial charge in [0.05, 0.1) is 0 Å². The summed E-state index contributed by atoms with van der Waals surface area (Å²) in [6.45, 7) is 2.85. The molecule has 3 heterocycles. The Morgan fingerprint density at radius 2 is 1.73 bits per heavy atom. The van der Waals surface area contributed by atoms with Gasteiger partial charge in [0.25, 0.3) is 0 Å². The van der Waals surface area contributed by atoms with Gasteiger partial charge in [0, 0.05) is 25.0 Å². The molecule has 0 aliphatic carbocycles. The van der Waals surface area contributed by atoms with Crippen molar-refractivity contribution in [3.63, 3.8) is 0 Å². The molecule has 3 nitrogen and oxygen atoms in total. The molecule has 1 spiro atoms. The Labute approximate surface area is 155 Å². The smallest absolute Gasteiger partial charge is 0.243 e. The van der Waals surface area contributed by atoms with Gasteiger partial charge >= 0.3 is 0 Å². The second-order valence-electron chi connectivity index (χ2n) is 8.07. The van der Waals surface area contributed by atoms with E-state index in [0.717, 1.165) is 45.3 Å². The van der Waals surface area contributed by atoms with Crippen LogP contribution in [0, 0.1) is 5.92 Å². The maximum atomic E-state index is 13.5. The fourth-order valence-corrected chi connectivity index (χ4v) is 5.67. The highest BCUT2D eigenvalue weighted by Gasteiger charge is 2.64. The van der Waals surface area contributed by atoms with Gasteiger partial charge in [-0.05, 0) is 43.4 Å². The minimum absolute atomic E-state index is 0.211. The number of hydrogen-bond donors (Lipinski definition) is 0. The van der Waals surface area contributed by atoms with Crippen molar-refractivity contribution in [1.29, 1.82) is 0 Å². The number of carbonyl (C=O) groups excluding carboxylic acids is 1. The van der Waals surface area contributed by atoms with Gasteiger partial charge < -0.3 is 4.90 Å². The lowest BCUT2D eigenvalue weighted by atomic mass is 9.85. The normalized spacial score (nSPS) is 30.6. The van der Waals surface area contributed by atoms with E-state index in [1.54, 1.807) is 0 Å². The molecule has 0 saturated carbocycles. The Bertz CT molecular complexity index is 790. The first-order chi connectivity index (χ1) is 12.8. The second kappa shape index (κ2) is 6.24. The van der Waals surface area contributed by atoms with Crippen molar-refractivity contribution in [2.24, 2.45) is 5.92 Å². The summed E-state index contributed by atoms with van der Waals surface area (Å²) >= 11 is 0. The molecule has 3 aliphatic heterocycles. The Hall–Kier alpha value is -2.13. The van der Waals surface area contributed by atoms with Crippen molar-refractivity contribution in [2.75, 3.05) is 19.6 Å². The lowest BCUT2D eigenvalue weighted by Crippen LogP contribution is -2.49. The molecule has 26 heavy (non-hydrogen) atoms. The molecule has 3 heteroatoms. The van der Waals surface area contributed by atoms with Gasteiger partial charge in [-0.25, -0.2) is 0 Å². The zero-order valence-electron chi connectivity index (χ0n) is 15.2. The molecule has 0 aromatic heterocycles. The predicted molar refractivity (Wildman–Crippen MR) is 103 cm³/mol. The van der Waals surface area contributed by atoms with Crippen molar-refractivity contribution >= 4 is 5.91 Å². The van der Waals surface area contributed by atoms with Crippen molar-refractivity contribution in [3.8, 4) is 0 Å². The lowest BCUT2D eigenvalue weighted by Gasteiger charge is -2.33. The van der Waals surface area contributed by atoms with Crippen LogP contribution >= 0.6 is 0 Å². The number of likely N-dealkylation sites (tertiary alicyclic amines) is 1. The first-order valence-electron chi connectivity index (χ1n) is 9.94. The van der Waals surface area contributed by atoms with Crippen LogP contribution < -0.4 is 0 Å². The number of amides is 1. The van der Waals surface area contributed by atoms with E-state index in [1.165, 1.54) is 11.1 Å². The largest absolute Gasteiger partial charge is 0.340 e. The predicted octanol–water partition coefficient (Wildman–Crippen LogP) is 3.67. The van der Waals surface area contributed by atoms with Crippen LogP contribution in [0.5, 0.6) is 0 Å². The first kappa shape index (κ1) is 16.1. The monoisotopic (exact) mass is 346 g/mol. The van der Waals surface area contributed by atoms with Gasteiger partial charge in [-0.15, -0.1) is 0 Å². The van der Waals surface area contributed by atoms with Crippen LogP contribution in [-0.2, 0) is 11.2 Å². The zero-order valence-corrected chi connectivity index (χ0v) is 15.2. The molecule has 1 amide bonds. The van der Waals surface area contributed by atoms with E-state index in [4.69, 9.17) is 0 Å². The van der Waals surface area contributed by atoms with Gasteiger partial charge in [-0.2, -0.15) is 0 Å². The number of hydrogen-bond acceptors (Lipinski definition) is 2. The van der Waals surface area contributed by atoms with Gasteiger partial charge in [-0.3, -0.25) is 9.69 Å². The number of nitrogens with zero attached hydrogens (tertiary/aromatic N) is 2. The third-order valence-electron chi connectivity index (χ3n) is 6.82. The van der Waals surface area contributed by atoms with Crippen LogP contribution in [0.15, 0.2) is 60.7 Å². The van der Waals surface area contributed by atoms with Crippen LogP contribution in [0.1, 0.15) is 36.4 Å². The third kappa shape index (κ3) is 2.34. The average Bonchev–Trinajstić information content (AvgIpc) is 3.32. The lowest BCUT2D eigenvalue weighted by molar-refractivity contribution is -0.136. The molecule has 2 aromatic rings. The van der Waals surface area contributed by atoms with Crippen molar-refractivity contribution in [2.45, 2.75) is 37.3 Å². The van der Waals surface area contributed by atoms with Crippen LogP contribution in [-0.4, -0.2) is 40.9 Å². The molecule has 0 unspecified atom stereocenters. The van der Waals surface area contributed by atoms with E-state index in [1.807, 2.05) is 6.07 Å². The molecule has 0 N–H and O–H groups in total. The summed E-state index contributed by atoms with van der Waals surface area (Å²) in [6.07, 6.45) is 4.27. The van der Waals surface area contributed by atoms with Crippen molar-refractivity contribution < 1.29 is 4.79 Å². The first-order valence-corrected chi connectivity index (χ1v) is 9.94. The maximum Gasteiger partial charge on any atom is 0.243 e. The van der Waals surface area contributed by atoms with E-state index in [-0.39, 0.29) is 5.54 Å². The molecular formula is C23H26N2O. The summed E-state index contributed by atoms with van der Waals surface area (Å²) in [5.41, 5.74) is 2.49. The topological polar surface area (TPSA) is 23.6 Å². The molecule has 3 aliphatic rings. The van der Waals surface area contributed by atoms with Crippen LogP contribution in [0.25, 0.3) is 0 Å². The molecule has 3 atom stereocenters. The molecule has 134 valence electrons. The minimum atomic E-state index is -0.211. The number of carbonyl (C=O) groups is 1. The van der Waals surface area contributed by atoms with Gasteiger partial charge in [0.2, 0.25) is 5.91 Å². The highest BCUT2D eigenvalue weighted by molar-refractivity contribution is 5.90. The van der Waals surface area contributed by atoms with E-state index in [9.17, 15) is 4.79 Å². The van der Waals surface area contributed by atoms with E-state index < -0.39 is 0 Å². The Kier molecular flexibility index (Phi) is 3.86. The number of benzene rings is 2. The summed E-state index contributed by atoms with van der Waals surface area (Å²) in [4.78, 5) is 18.2. The number of rotatable bonds is 4. The molecule has 0 bridgehead atoms. The van der Waals surface area contributed by atoms with E-state index in [2.05, 4.69) is 64.4 Å². The summed E-state index contributed by atoms with van der Waals surface area (Å²) in [5.74, 6) is 0.882. The molecule has 2 aromatic carbocycles. The van der Waals surface area contributed by atoms with Crippen LogP contribution in [0.3, 0.4) is 0 Å². The quantitative estimate of drug-likeness (QED) is 0.843. The minimum Gasteiger partial charge on any atom is -0.340 e. The average molecular weight is 346 g/mol. The van der Waals surface area contributed by atoms with E-state index >= 15 is 0 Å². The molecule has 5 rings (SSSR count).